The van der Waals surface area contributed by atoms with Gasteiger partial charge in [0.2, 0.25) is 0 Å². The Bertz CT molecular complexity index is 1450. The highest BCUT2D eigenvalue weighted by Crippen LogP contribution is 2.40. The summed E-state index contributed by atoms with van der Waals surface area (Å²) >= 11 is 0. The van der Waals surface area contributed by atoms with E-state index in [1.165, 1.54) is 0 Å². The lowest BCUT2D eigenvalue weighted by Gasteiger charge is -2.24. The number of amides is 2. The number of furan rings is 1. The first kappa shape index (κ1) is 19.8. The van der Waals surface area contributed by atoms with Gasteiger partial charge in [0.1, 0.15) is 17.4 Å². The van der Waals surface area contributed by atoms with Crippen LogP contribution in [0.4, 0.5) is 0 Å². The van der Waals surface area contributed by atoms with Gasteiger partial charge in [-0.05, 0) is 50.2 Å². The molecule has 4 heterocycles. The minimum atomic E-state index is -0.431. The number of carbonyl (C=O) groups is 2. The number of aryl methyl sites for hydroxylation is 1. The molecule has 7 heteroatoms. The Hall–Kier alpha value is -3.84. The number of imide groups is 1. The lowest BCUT2D eigenvalue weighted by Crippen LogP contribution is -2.34. The maximum absolute atomic E-state index is 13.1. The van der Waals surface area contributed by atoms with Crippen LogP contribution >= 0.6 is 0 Å². The van der Waals surface area contributed by atoms with Crippen molar-refractivity contribution in [3.05, 3.63) is 66.1 Å². The van der Waals surface area contributed by atoms with Gasteiger partial charge in [-0.2, -0.15) is 0 Å². The van der Waals surface area contributed by atoms with E-state index in [1.807, 2.05) is 60.3 Å². The predicted octanol–water partition coefficient (Wildman–Crippen LogP) is 3.62. The van der Waals surface area contributed by atoms with Gasteiger partial charge in [-0.15, -0.1) is 0 Å². The van der Waals surface area contributed by atoms with Crippen LogP contribution in [0, 0.1) is 0 Å². The first-order chi connectivity index (χ1) is 16.1. The summed E-state index contributed by atoms with van der Waals surface area (Å²) in [5.41, 5.74) is 3.49. The molecule has 0 saturated carbocycles. The highest BCUT2D eigenvalue weighted by atomic mass is 16.5. The molecule has 6 rings (SSSR count). The number of hydrogen-bond acceptors (Lipinski definition) is 5. The number of hydrogen-bond donors (Lipinski definition) is 2. The molecule has 0 radical (unpaired) electrons. The molecule has 1 saturated heterocycles. The molecule has 2 aromatic carbocycles. The summed E-state index contributed by atoms with van der Waals surface area (Å²) in [6.07, 6.45) is 5.43. The van der Waals surface area contributed by atoms with Crippen LogP contribution in [-0.4, -0.2) is 35.6 Å². The van der Waals surface area contributed by atoms with Crippen LogP contribution in [0.3, 0.4) is 0 Å². The first-order valence-corrected chi connectivity index (χ1v) is 11.1. The van der Waals surface area contributed by atoms with Crippen LogP contribution in [0.1, 0.15) is 24.0 Å². The zero-order valence-corrected chi connectivity index (χ0v) is 18.2. The third-order valence-electron chi connectivity index (χ3n) is 6.48. The molecule has 166 valence electrons. The van der Waals surface area contributed by atoms with Crippen LogP contribution < -0.4 is 15.4 Å². The molecule has 1 fully saturated rings. The number of nitrogens with one attached hydrogen (secondary N) is 2. The van der Waals surface area contributed by atoms with E-state index in [9.17, 15) is 9.59 Å². The van der Waals surface area contributed by atoms with E-state index >= 15 is 0 Å². The van der Waals surface area contributed by atoms with E-state index < -0.39 is 11.8 Å². The molecule has 0 bridgehead atoms. The lowest BCUT2D eigenvalue weighted by molar-refractivity contribution is -0.122. The summed E-state index contributed by atoms with van der Waals surface area (Å²) in [6.45, 7) is 1.83. The summed E-state index contributed by atoms with van der Waals surface area (Å²) < 4.78 is 14.0. The number of piperidine rings is 1. The van der Waals surface area contributed by atoms with E-state index in [2.05, 4.69) is 10.6 Å². The molecule has 2 aliphatic rings. The van der Waals surface area contributed by atoms with Crippen molar-refractivity contribution in [1.82, 2.24) is 15.2 Å². The number of aromatic nitrogens is 1. The first-order valence-electron chi connectivity index (χ1n) is 11.1. The third kappa shape index (κ3) is 3.24. The molecule has 33 heavy (non-hydrogen) atoms. The Morgan fingerprint density at radius 3 is 2.58 bits per heavy atom. The number of nitrogens with zero attached hydrogens (tertiary/aromatic N) is 1. The molecule has 0 aliphatic carbocycles. The third-order valence-corrected chi connectivity index (χ3v) is 6.48. The van der Waals surface area contributed by atoms with Crippen LogP contribution in [-0.2, 0) is 16.6 Å². The van der Waals surface area contributed by atoms with E-state index in [-0.39, 0.29) is 6.10 Å². The molecule has 0 spiro atoms. The van der Waals surface area contributed by atoms with Gasteiger partial charge in [0.05, 0.1) is 17.4 Å². The Balaban J connectivity index is 1.56. The van der Waals surface area contributed by atoms with Gasteiger partial charge in [0.25, 0.3) is 11.8 Å². The minimum Gasteiger partial charge on any atom is -0.490 e. The van der Waals surface area contributed by atoms with Crippen molar-refractivity contribution in [2.75, 3.05) is 13.1 Å². The second-order valence-electron chi connectivity index (χ2n) is 8.58. The Morgan fingerprint density at radius 1 is 1.00 bits per heavy atom. The second kappa shape index (κ2) is 7.64. The number of ether oxygens (including phenoxy) is 1. The Morgan fingerprint density at radius 2 is 1.76 bits per heavy atom. The van der Waals surface area contributed by atoms with Crippen LogP contribution in [0.5, 0.6) is 5.75 Å². The molecule has 2 amide bonds. The van der Waals surface area contributed by atoms with E-state index in [0.717, 1.165) is 47.8 Å². The predicted molar refractivity (Wildman–Crippen MR) is 126 cm³/mol. The van der Waals surface area contributed by atoms with Gasteiger partial charge in [0, 0.05) is 40.7 Å². The van der Waals surface area contributed by atoms with Crippen LogP contribution in [0.15, 0.2) is 59.3 Å². The van der Waals surface area contributed by atoms with Crippen molar-refractivity contribution in [2.24, 2.45) is 7.05 Å². The van der Waals surface area contributed by atoms with Crippen LogP contribution in [0.2, 0.25) is 0 Å². The highest BCUT2D eigenvalue weighted by molar-refractivity contribution is 6.50. The van der Waals surface area contributed by atoms with Crippen molar-refractivity contribution in [2.45, 2.75) is 18.9 Å². The highest BCUT2D eigenvalue weighted by Gasteiger charge is 2.35. The lowest BCUT2D eigenvalue weighted by atomic mass is 9.94. The summed E-state index contributed by atoms with van der Waals surface area (Å²) in [6, 6.07) is 13.4. The quantitative estimate of drug-likeness (QED) is 0.473. The van der Waals surface area contributed by atoms with Gasteiger partial charge in [-0.25, -0.2) is 0 Å². The molecule has 0 atom stereocenters. The largest absolute Gasteiger partial charge is 0.490 e. The normalized spacial score (nSPS) is 17.4. The smallest absolute Gasteiger partial charge is 0.259 e. The SMILES string of the molecule is Cn1cc(C2=C(c3cc(OC4CCNCC4)cc4ccoc34)C(=O)NC2=O)c2ccccc21. The summed E-state index contributed by atoms with van der Waals surface area (Å²) in [4.78, 5) is 26.1. The van der Waals surface area contributed by atoms with Gasteiger partial charge in [-0.3, -0.25) is 14.9 Å². The summed E-state index contributed by atoms with van der Waals surface area (Å²) in [5.74, 6) is -0.168. The molecular formula is C26H23N3O4. The summed E-state index contributed by atoms with van der Waals surface area (Å²) in [5, 5.41) is 7.57. The molecular weight excluding hydrogens is 418 g/mol. The van der Waals surface area contributed by atoms with Gasteiger partial charge < -0.3 is 19.0 Å². The number of benzene rings is 2. The molecule has 2 aliphatic heterocycles. The average molecular weight is 441 g/mol. The van der Waals surface area contributed by atoms with E-state index in [1.54, 1.807) is 6.26 Å². The molecule has 2 N–H and O–H groups in total. The monoisotopic (exact) mass is 441 g/mol. The van der Waals surface area contributed by atoms with Crippen molar-refractivity contribution in [3.63, 3.8) is 0 Å². The van der Waals surface area contributed by atoms with E-state index in [0.29, 0.717) is 28.0 Å². The van der Waals surface area contributed by atoms with Gasteiger partial charge >= 0.3 is 0 Å². The average Bonchev–Trinajstić information content (AvgIpc) is 3.50. The number of carbonyl (C=O) groups excluding carboxylic acids is 2. The standard InChI is InChI=1S/C26H23N3O4/c1-29-14-20(18-4-2-3-5-21(18)29)23-22(25(30)28-26(23)31)19-13-17(12-15-8-11-32-24(15)19)33-16-6-9-27-10-7-16/h2-5,8,11-14,16,27H,6-7,9-10H2,1H3,(H,28,30,31). The molecule has 4 aromatic rings. The molecule has 2 aromatic heterocycles. The van der Waals surface area contributed by atoms with Gasteiger partial charge in [-0.1, -0.05) is 18.2 Å². The molecule has 7 nitrogen and oxygen atoms in total. The van der Waals surface area contributed by atoms with Crippen molar-refractivity contribution in [1.29, 1.82) is 0 Å². The number of fused-ring (bicyclic) bond motifs is 2. The number of rotatable bonds is 4. The maximum Gasteiger partial charge on any atom is 0.259 e. The second-order valence-corrected chi connectivity index (χ2v) is 8.58. The topological polar surface area (TPSA) is 85.5 Å². The Kier molecular flexibility index (Phi) is 4.58. The van der Waals surface area contributed by atoms with E-state index in [4.69, 9.17) is 9.15 Å². The van der Waals surface area contributed by atoms with Crippen molar-refractivity contribution >= 4 is 44.8 Å². The number of para-hydroxylation sites is 1. The fraction of sp³-hybridized carbons (Fsp3) is 0.231. The maximum atomic E-state index is 13.1. The van der Waals surface area contributed by atoms with Gasteiger partial charge in [0.15, 0.2) is 0 Å². The van der Waals surface area contributed by atoms with Crippen LogP contribution in [0.25, 0.3) is 33.0 Å². The zero-order valence-electron chi connectivity index (χ0n) is 18.2. The van der Waals surface area contributed by atoms with Crippen molar-refractivity contribution in [3.8, 4) is 5.75 Å². The fourth-order valence-electron chi connectivity index (χ4n) is 4.92. The zero-order chi connectivity index (χ0) is 22.5. The summed E-state index contributed by atoms with van der Waals surface area (Å²) in [7, 11) is 1.93. The Labute approximate surface area is 190 Å². The van der Waals surface area contributed by atoms with Crippen molar-refractivity contribution < 1.29 is 18.7 Å². The molecule has 0 unspecified atom stereocenters. The fourth-order valence-corrected chi connectivity index (χ4v) is 4.92. The minimum absolute atomic E-state index is 0.106.